The Labute approximate surface area is 117 Å². The van der Waals surface area contributed by atoms with E-state index in [-0.39, 0.29) is 17.2 Å². The van der Waals surface area contributed by atoms with Gasteiger partial charge in [0.1, 0.15) is 5.82 Å². The number of aliphatic hydroxyl groups is 1. The van der Waals surface area contributed by atoms with Gasteiger partial charge in [-0.05, 0) is 25.5 Å². The molecule has 0 radical (unpaired) electrons. The highest BCUT2D eigenvalue weighted by Crippen LogP contribution is 2.31. The minimum atomic E-state index is -0.588. The smallest absolute Gasteiger partial charge is 0.340 e. The Morgan fingerprint density at radius 3 is 2.85 bits per heavy atom. The molecule has 0 spiro atoms. The van der Waals surface area contributed by atoms with E-state index in [0.29, 0.717) is 18.8 Å². The molecule has 1 heterocycles. The molecule has 2 rings (SSSR count). The van der Waals surface area contributed by atoms with E-state index in [1.165, 1.54) is 13.2 Å². The molecule has 1 aromatic rings. The van der Waals surface area contributed by atoms with Crippen LogP contribution in [0.1, 0.15) is 23.7 Å². The van der Waals surface area contributed by atoms with Gasteiger partial charge in [0.25, 0.3) is 0 Å². The summed E-state index contributed by atoms with van der Waals surface area (Å²) in [5, 5.41) is 9.60. The second kappa shape index (κ2) is 5.66. The summed E-state index contributed by atoms with van der Waals surface area (Å²) < 4.78 is 18.7. The zero-order valence-corrected chi connectivity index (χ0v) is 11.6. The lowest BCUT2D eigenvalue weighted by Crippen LogP contribution is -2.25. The van der Waals surface area contributed by atoms with Gasteiger partial charge >= 0.3 is 5.97 Å². The van der Waals surface area contributed by atoms with Crippen LogP contribution in [0.4, 0.5) is 15.8 Å². The molecule has 20 heavy (non-hydrogen) atoms. The number of esters is 1. The lowest BCUT2D eigenvalue weighted by Gasteiger charge is -2.21. The van der Waals surface area contributed by atoms with Gasteiger partial charge in [0.05, 0.1) is 24.5 Å². The summed E-state index contributed by atoms with van der Waals surface area (Å²) in [6, 6.07) is 2.55. The Morgan fingerprint density at radius 2 is 2.30 bits per heavy atom. The Bertz CT molecular complexity index is 519. The predicted molar refractivity (Wildman–Crippen MR) is 74.2 cm³/mol. The first kappa shape index (κ1) is 14.6. The van der Waals surface area contributed by atoms with E-state index in [1.54, 1.807) is 6.92 Å². The lowest BCUT2D eigenvalue weighted by molar-refractivity contribution is 0.0602. The van der Waals surface area contributed by atoms with Gasteiger partial charge in [-0.25, -0.2) is 9.18 Å². The van der Waals surface area contributed by atoms with Crippen molar-refractivity contribution >= 4 is 17.3 Å². The van der Waals surface area contributed by atoms with Gasteiger partial charge in [0.15, 0.2) is 0 Å². The minimum absolute atomic E-state index is 0.0596. The largest absolute Gasteiger partial charge is 0.465 e. The first-order valence-electron chi connectivity index (χ1n) is 6.54. The molecule has 1 saturated heterocycles. The first-order valence-corrected chi connectivity index (χ1v) is 6.54. The van der Waals surface area contributed by atoms with Crippen LogP contribution in [0.15, 0.2) is 12.1 Å². The normalized spacial score (nSPS) is 20.0. The maximum absolute atomic E-state index is 14.0. The van der Waals surface area contributed by atoms with Crippen molar-refractivity contribution in [2.24, 2.45) is 5.92 Å². The SMILES string of the molecule is COC(=O)c1cc(N2CCC(C(C)O)C2)c(F)cc1N. The molecule has 1 fully saturated rings. The summed E-state index contributed by atoms with van der Waals surface area (Å²) in [6.07, 6.45) is 0.353. The predicted octanol–water partition coefficient (Wildman–Crippen LogP) is 1.40. The molecular weight excluding hydrogens is 263 g/mol. The molecule has 0 amide bonds. The molecular formula is C14H19FN2O3. The monoisotopic (exact) mass is 282 g/mol. The Balaban J connectivity index is 2.30. The zero-order chi connectivity index (χ0) is 14.9. The fourth-order valence-corrected chi connectivity index (χ4v) is 2.51. The maximum Gasteiger partial charge on any atom is 0.340 e. The summed E-state index contributed by atoms with van der Waals surface area (Å²) in [7, 11) is 1.25. The van der Waals surface area contributed by atoms with Crippen molar-refractivity contribution in [3.8, 4) is 0 Å². The number of anilines is 2. The standard InChI is InChI=1S/C14H19FN2O3/c1-8(18)9-3-4-17(7-9)13-5-10(14(19)20-2)12(16)6-11(13)15/h5-6,8-9,18H,3-4,7,16H2,1-2H3. The molecule has 2 atom stereocenters. The van der Waals surface area contributed by atoms with Crippen LogP contribution in [0.2, 0.25) is 0 Å². The Morgan fingerprint density at radius 1 is 1.60 bits per heavy atom. The van der Waals surface area contributed by atoms with E-state index >= 15 is 0 Å². The molecule has 0 bridgehead atoms. The minimum Gasteiger partial charge on any atom is -0.465 e. The Kier molecular flexibility index (Phi) is 4.13. The third kappa shape index (κ3) is 2.70. The van der Waals surface area contributed by atoms with E-state index in [1.807, 2.05) is 4.90 Å². The van der Waals surface area contributed by atoms with Crippen LogP contribution in [0.5, 0.6) is 0 Å². The van der Waals surface area contributed by atoms with E-state index < -0.39 is 17.9 Å². The number of rotatable bonds is 3. The van der Waals surface area contributed by atoms with E-state index in [4.69, 9.17) is 5.73 Å². The fraction of sp³-hybridized carbons (Fsp3) is 0.500. The zero-order valence-electron chi connectivity index (χ0n) is 11.6. The van der Waals surface area contributed by atoms with E-state index in [0.717, 1.165) is 12.5 Å². The molecule has 110 valence electrons. The maximum atomic E-state index is 14.0. The molecule has 5 nitrogen and oxygen atoms in total. The summed E-state index contributed by atoms with van der Waals surface area (Å²) in [5.74, 6) is -0.954. The van der Waals surface area contributed by atoms with Crippen LogP contribution in [0, 0.1) is 11.7 Å². The lowest BCUT2D eigenvalue weighted by atomic mass is 10.0. The number of carbonyl (C=O) groups is 1. The van der Waals surface area contributed by atoms with Crippen LogP contribution in [-0.2, 0) is 4.74 Å². The molecule has 6 heteroatoms. The number of carbonyl (C=O) groups excluding carboxylic acids is 1. The number of halogens is 1. The highest BCUT2D eigenvalue weighted by Gasteiger charge is 2.28. The van der Waals surface area contributed by atoms with E-state index in [2.05, 4.69) is 4.74 Å². The molecule has 1 aliphatic heterocycles. The highest BCUT2D eigenvalue weighted by atomic mass is 19.1. The number of aliphatic hydroxyl groups excluding tert-OH is 1. The van der Waals surface area contributed by atoms with Crippen LogP contribution >= 0.6 is 0 Å². The molecule has 1 aromatic carbocycles. The number of hydrogen-bond acceptors (Lipinski definition) is 5. The molecule has 3 N–H and O–H groups in total. The van der Waals surface area contributed by atoms with Crippen molar-refractivity contribution in [1.82, 2.24) is 0 Å². The second-order valence-corrected chi connectivity index (χ2v) is 5.12. The van der Waals surface area contributed by atoms with Crippen molar-refractivity contribution in [3.05, 3.63) is 23.5 Å². The average Bonchev–Trinajstić information content (AvgIpc) is 2.87. The summed E-state index contributed by atoms with van der Waals surface area (Å²) in [4.78, 5) is 13.4. The van der Waals surface area contributed by atoms with Crippen molar-refractivity contribution in [3.63, 3.8) is 0 Å². The quantitative estimate of drug-likeness (QED) is 0.647. The van der Waals surface area contributed by atoms with Gasteiger partial charge in [0, 0.05) is 24.7 Å². The van der Waals surface area contributed by atoms with Gasteiger partial charge in [-0.15, -0.1) is 0 Å². The third-order valence-electron chi connectivity index (χ3n) is 3.77. The average molecular weight is 282 g/mol. The number of nitrogens with two attached hydrogens (primary N) is 1. The second-order valence-electron chi connectivity index (χ2n) is 5.12. The van der Waals surface area contributed by atoms with Crippen LogP contribution in [-0.4, -0.2) is 37.4 Å². The van der Waals surface area contributed by atoms with Crippen LogP contribution in [0.25, 0.3) is 0 Å². The summed E-state index contributed by atoms with van der Waals surface area (Å²) in [6.45, 7) is 2.92. The van der Waals surface area contributed by atoms with Crippen molar-refractivity contribution in [1.29, 1.82) is 0 Å². The van der Waals surface area contributed by atoms with Crippen LogP contribution < -0.4 is 10.6 Å². The van der Waals surface area contributed by atoms with Crippen molar-refractivity contribution < 1.29 is 19.0 Å². The van der Waals surface area contributed by atoms with Crippen molar-refractivity contribution in [2.45, 2.75) is 19.4 Å². The number of nitrogens with zero attached hydrogens (tertiary/aromatic N) is 1. The number of nitrogen functional groups attached to an aromatic ring is 1. The molecule has 0 aliphatic carbocycles. The number of hydrogen-bond donors (Lipinski definition) is 2. The third-order valence-corrected chi connectivity index (χ3v) is 3.77. The van der Waals surface area contributed by atoms with Crippen LogP contribution in [0.3, 0.4) is 0 Å². The molecule has 0 aromatic heterocycles. The fourth-order valence-electron chi connectivity index (χ4n) is 2.51. The summed E-state index contributed by atoms with van der Waals surface area (Å²) >= 11 is 0. The highest BCUT2D eigenvalue weighted by molar-refractivity contribution is 5.96. The summed E-state index contributed by atoms with van der Waals surface area (Å²) in [5.41, 5.74) is 6.18. The molecule has 2 unspecified atom stereocenters. The number of ether oxygens (including phenoxy) is 1. The van der Waals surface area contributed by atoms with Gasteiger partial charge < -0.3 is 20.5 Å². The molecule has 0 saturated carbocycles. The first-order chi connectivity index (χ1) is 9.43. The number of benzene rings is 1. The van der Waals surface area contributed by atoms with Gasteiger partial charge in [0.2, 0.25) is 0 Å². The van der Waals surface area contributed by atoms with Crippen molar-refractivity contribution in [2.75, 3.05) is 30.8 Å². The van der Waals surface area contributed by atoms with Gasteiger partial charge in [-0.2, -0.15) is 0 Å². The topological polar surface area (TPSA) is 75.8 Å². The molecule has 1 aliphatic rings. The number of methoxy groups -OCH3 is 1. The van der Waals surface area contributed by atoms with E-state index in [9.17, 15) is 14.3 Å². The van der Waals surface area contributed by atoms with Gasteiger partial charge in [-0.1, -0.05) is 0 Å². The Hall–Kier alpha value is -1.82. The van der Waals surface area contributed by atoms with Gasteiger partial charge in [-0.3, -0.25) is 0 Å².